The Kier molecular flexibility index (Phi) is 7.11. The Hall–Kier alpha value is -1.34. The van der Waals surface area contributed by atoms with Crippen LogP contribution in [-0.4, -0.2) is 54.5 Å². The zero-order valence-corrected chi connectivity index (χ0v) is 13.8. The first-order chi connectivity index (χ1) is 11.1. The number of rotatable bonds is 7. The molecule has 2 fully saturated rings. The summed E-state index contributed by atoms with van der Waals surface area (Å²) in [6, 6.07) is -0.126. The van der Waals surface area contributed by atoms with Crippen molar-refractivity contribution in [1.82, 2.24) is 16.0 Å². The highest BCUT2D eigenvalue weighted by atomic mass is 16.5. The average Bonchev–Trinajstić information content (AvgIpc) is 2.50. The molecule has 23 heavy (non-hydrogen) atoms. The van der Waals surface area contributed by atoms with Crippen LogP contribution in [0.4, 0.5) is 4.79 Å². The van der Waals surface area contributed by atoms with Crippen LogP contribution >= 0.6 is 0 Å². The minimum atomic E-state index is -0.461. The van der Waals surface area contributed by atoms with Crippen molar-refractivity contribution in [3.8, 4) is 0 Å². The molecule has 1 aliphatic carbocycles. The zero-order valence-electron chi connectivity index (χ0n) is 13.8. The summed E-state index contributed by atoms with van der Waals surface area (Å²) in [5.41, 5.74) is 0. The largest absolute Gasteiger partial charge is 0.394 e. The second kappa shape index (κ2) is 9.08. The number of urea groups is 1. The van der Waals surface area contributed by atoms with Gasteiger partial charge in [-0.2, -0.15) is 0 Å². The van der Waals surface area contributed by atoms with E-state index in [9.17, 15) is 14.7 Å². The molecule has 3 amide bonds. The molecule has 2 aliphatic rings. The van der Waals surface area contributed by atoms with Crippen molar-refractivity contribution in [2.24, 2.45) is 0 Å². The molecule has 0 aromatic rings. The van der Waals surface area contributed by atoms with Gasteiger partial charge in [0, 0.05) is 12.6 Å². The van der Waals surface area contributed by atoms with Crippen LogP contribution in [0.1, 0.15) is 51.9 Å². The fourth-order valence-corrected chi connectivity index (χ4v) is 2.95. The smallest absolute Gasteiger partial charge is 0.315 e. The molecule has 7 heteroatoms. The lowest BCUT2D eigenvalue weighted by molar-refractivity contribution is -0.131. The molecule has 7 nitrogen and oxygen atoms in total. The first-order valence-corrected chi connectivity index (χ1v) is 8.72. The quantitative estimate of drug-likeness (QED) is 0.552. The van der Waals surface area contributed by atoms with Crippen molar-refractivity contribution < 1.29 is 19.4 Å². The minimum absolute atomic E-state index is 0.0171. The highest BCUT2D eigenvalue weighted by Gasteiger charge is 2.33. The molecule has 0 aromatic carbocycles. The number of ether oxygens (including phenoxy) is 1. The van der Waals surface area contributed by atoms with Crippen LogP contribution < -0.4 is 16.0 Å². The Bertz CT molecular complexity index is 401. The minimum Gasteiger partial charge on any atom is -0.394 e. The summed E-state index contributed by atoms with van der Waals surface area (Å²) in [6.45, 7) is 2.44. The van der Waals surface area contributed by atoms with Crippen LogP contribution in [0.2, 0.25) is 0 Å². The van der Waals surface area contributed by atoms with Gasteiger partial charge >= 0.3 is 6.03 Å². The number of carbonyl (C=O) groups is 2. The number of carbonyl (C=O) groups excluding carboxylic acids is 2. The monoisotopic (exact) mass is 327 g/mol. The number of hydrogen-bond acceptors (Lipinski definition) is 4. The zero-order chi connectivity index (χ0) is 16.7. The van der Waals surface area contributed by atoms with Crippen molar-refractivity contribution in [3.05, 3.63) is 0 Å². The molecule has 132 valence electrons. The van der Waals surface area contributed by atoms with Crippen molar-refractivity contribution in [2.75, 3.05) is 13.2 Å². The first-order valence-electron chi connectivity index (χ1n) is 8.72. The van der Waals surface area contributed by atoms with Gasteiger partial charge in [-0.1, -0.05) is 6.92 Å². The molecule has 1 aliphatic heterocycles. The fraction of sp³-hybridized carbons (Fsp3) is 0.875. The molecule has 2 rings (SSSR count). The Morgan fingerprint density at radius 2 is 1.96 bits per heavy atom. The number of amides is 3. The summed E-state index contributed by atoms with van der Waals surface area (Å²) in [5, 5.41) is 18.1. The summed E-state index contributed by atoms with van der Waals surface area (Å²) in [6.07, 6.45) is 5.26. The lowest BCUT2D eigenvalue weighted by atomic mass is 9.92. The molecule has 0 bridgehead atoms. The van der Waals surface area contributed by atoms with E-state index >= 15 is 0 Å². The number of aliphatic hydroxyl groups is 1. The van der Waals surface area contributed by atoms with Gasteiger partial charge < -0.3 is 25.8 Å². The molecular weight excluding hydrogens is 298 g/mol. The Balaban J connectivity index is 1.73. The molecule has 3 atom stereocenters. The third-order valence-corrected chi connectivity index (χ3v) is 4.53. The lowest BCUT2D eigenvalue weighted by Crippen LogP contribution is -2.54. The van der Waals surface area contributed by atoms with E-state index in [0.29, 0.717) is 31.8 Å². The topological polar surface area (TPSA) is 99.7 Å². The fourth-order valence-electron chi connectivity index (χ4n) is 2.95. The van der Waals surface area contributed by atoms with E-state index in [1.54, 1.807) is 0 Å². The van der Waals surface area contributed by atoms with Crippen molar-refractivity contribution in [2.45, 2.75) is 76.2 Å². The maximum absolute atomic E-state index is 12.0. The van der Waals surface area contributed by atoms with E-state index in [4.69, 9.17) is 4.74 Å². The van der Waals surface area contributed by atoms with Gasteiger partial charge in [0.05, 0.1) is 25.2 Å². The van der Waals surface area contributed by atoms with E-state index in [1.807, 2.05) is 6.92 Å². The molecule has 0 radical (unpaired) electrons. The normalized spacial score (nSPS) is 27.8. The third kappa shape index (κ3) is 5.66. The summed E-state index contributed by atoms with van der Waals surface area (Å²) >= 11 is 0. The highest BCUT2D eigenvalue weighted by molar-refractivity contribution is 5.77. The van der Waals surface area contributed by atoms with Crippen LogP contribution in [0.15, 0.2) is 0 Å². The molecule has 0 spiro atoms. The van der Waals surface area contributed by atoms with Gasteiger partial charge in [0.25, 0.3) is 0 Å². The van der Waals surface area contributed by atoms with Crippen LogP contribution in [0.25, 0.3) is 0 Å². The summed E-state index contributed by atoms with van der Waals surface area (Å²) < 4.78 is 5.80. The van der Waals surface area contributed by atoms with E-state index in [1.165, 1.54) is 6.42 Å². The highest BCUT2D eigenvalue weighted by Crippen LogP contribution is 2.23. The molecule has 0 aromatic heterocycles. The maximum atomic E-state index is 12.0. The second-order valence-electron chi connectivity index (χ2n) is 6.46. The Morgan fingerprint density at radius 3 is 2.57 bits per heavy atom. The first kappa shape index (κ1) is 18.0. The molecule has 1 heterocycles. The van der Waals surface area contributed by atoms with Crippen LogP contribution in [0, 0.1) is 0 Å². The summed E-state index contributed by atoms with van der Waals surface area (Å²) in [5.74, 6) is 0.0171. The van der Waals surface area contributed by atoms with E-state index in [0.717, 1.165) is 19.3 Å². The van der Waals surface area contributed by atoms with Gasteiger partial charge in [0.2, 0.25) is 5.91 Å². The van der Waals surface area contributed by atoms with Crippen LogP contribution in [0.3, 0.4) is 0 Å². The van der Waals surface area contributed by atoms with Gasteiger partial charge in [-0.25, -0.2) is 4.79 Å². The predicted molar refractivity (Wildman–Crippen MR) is 86.0 cm³/mol. The van der Waals surface area contributed by atoms with Gasteiger partial charge in [0.15, 0.2) is 0 Å². The Morgan fingerprint density at radius 1 is 1.17 bits per heavy atom. The molecule has 4 N–H and O–H groups in total. The number of hydrogen-bond donors (Lipinski definition) is 4. The maximum Gasteiger partial charge on any atom is 0.315 e. The van der Waals surface area contributed by atoms with Crippen molar-refractivity contribution in [3.63, 3.8) is 0 Å². The number of aliphatic hydroxyl groups excluding tert-OH is 1. The predicted octanol–water partition coefficient (Wildman–Crippen LogP) is 0.663. The van der Waals surface area contributed by atoms with Crippen molar-refractivity contribution in [1.29, 1.82) is 0 Å². The van der Waals surface area contributed by atoms with Gasteiger partial charge in [0.1, 0.15) is 6.10 Å². The molecule has 1 saturated heterocycles. The van der Waals surface area contributed by atoms with Crippen LogP contribution in [0.5, 0.6) is 0 Å². The summed E-state index contributed by atoms with van der Waals surface area (Å²) in [4.78, 5) is 23.7. The third-order valence-electron chi connectivity index (χ3n) is 4.53. The van der Waals surface area contributed by atoms with E-state index in [2.05, 4.69) is 16.0 Å². The van der Waals surface area contributed by atoms with E-state index < -0.39 is 6.10 Å². The van der Waals surface area contributed by atoms with Crippen LogP contribution in [-0.2, 0) is 9.53 Å². The lowest BCUT2D eigenvalue weighted by Gasteiger charge is -2.36. The molecular formula is C16H29N3O4. The SMILES string of the molecule is CCCNC(=O)N[C@@H]1CC[C@@H](CC(=O)NC2CCC2)O[C@H]1CO. The molecule has 0 unspecified atom stereocenters. The van der Waals surface area contributed by atoms with Gasteiger partial charge in [-0.05, 0) is 38.5 Å². The van der Waals surface area contributed by atoms with E-state index in [-0.39, 0.29) is 30.7 Å². The van der Waals surface area contributed by atoms with Gasteiger partial charge in [-0.15, -0.1) is 0 Å². The summed E-state index contributed by atoms with van der Waals surface area (Å²) in [7, 11) is 0. The van der Waals surface area contributed by atoms with Gasteiger partial charge in [-0.3, -0.25) is 4.79 Å². The van der Waals surface area contributed by atoms with Crippen molar-refractivity contribution >= 4 is 11.9 Å². The molecule has 1 saturated carbocycles. The Labute approximate surface area is 137 Å². The standard InChI is InChI=1S/C16H29N3O4/c1-2-8-17-16(22)19-13-7-6-12(23-14(13)10-20)9-15(21)18-11-4-3-5-11/h11-14,20H,2-10H2,1H3,(H,18,21)(H2,17,19,22)/t12-,13+,14-/m0/s1. The number of nitrogens with one attached hydrogen (secondary N) is 3. The second-order valence-corrected chi connectivity index (χ2v) is 6.46. The average molecular weight is 327 g/mol.